The maximum atomic E-state index is 10.8. The predicted molar refractivity (Wildman–Crippen MR) is 103 cm³/mol. The summed E-state index contributed by atoms with van der Waals surface area (Å²) in [6, 6.07) is 6.77. The van der Waals surface area contributed by atoms with Crippen molar-refractivity contribution < 1.29 is 24.2 Å². The number of fused-ring (bicyclic) bond motifs is 2. The van der Waals surface area contributed by atoms with Crippen LogP contribution in [0.1, 0.15) is 33.2 Å². The van der Waals surface area contributed by atoms with Gasteiger partial charge >= 0.3 is 5.97 Å². The molecule has 4 rings (SSSR count). The molecular weight excluding hydrogens is 376 g/mol. The normalized spacial score (nSPS) is 10.4. The fourth-order valence-corrected chi connectivity index (χ4v) is 2.68. The van der Waals surface area contributed by atoms with Crippen molar-refractivity contribution in [1.29, 1.82) is 0 Å². The average Bonchev–Trinajstić information content (AvgIpc) is 3.31. The number of aromatic hydroxyl groups is 1. The molecule has 0 saturated heterocycles. The van der Waals surface area contributed by atoms with E-state index in [9.17, 15) is 14.4 Å². The van der Waals surface area contributed by atoms with Crippen LogP contribution in [0.4, 0.5) is 0 Å². The number of nitrogens with zero attached hydrogens (tertiary/aromatic N) is 4. The molecule has 0 bridgehead atoms. The van der Waals surface area contributed by atoms with Gasteiger partial charge in [-0.25, -0.2) is 9.03 Å². The Kier molecular flexibility index (Phi) is 5.98. The second-order valence-corrected chi connectivity index (χ2v) is 6.11. The third-order valence-corrected chi connectivity index (χ3v) is 4.10. The molecule has 0 fully saturated rings. The Morgan fingerprint density at radius 1 is 1.03 bits per heavy atom. The lowest BCUT2D eigenvalue weighted by Gasteiger charge is -2.03. The summed E-state index contributed by atoms with van der Waals surface area (Å²) in [4.78, 5) is 31.9. The zero-order chi connectivity index (χ0) is 20.8. The van der Waals surface area contributed by atoms with E-state index in [1.54, 1.807) is 16.9 Å². The van der Waals surface area contributed by atoms with Crippen LogP contribution in [0.2, 0.25) is 0 Å². The van der Waals surface area contributed by atoms with Crippen LogP contribution in [0.15, 0.2) is 49.1 Å². The molecule has 0 amide bonds. The van der Waals surface area contributed by atoms with E-state index in [4.69, 9.17) is 9.84 Å². The van der Waals surface area contributed by atoms with Crippen LogP contribution in [0.25, 0.3) is 11.0 Å². The minimum absolute atomic E-state index is 0.131. The summed E-state index contributed by atoms with van der Waals surface area (Å²) in [5.74, 6) is -0.157. The Bertz CT molecular complexity index is 1180. The molecule has 4 heterocycles. The lowest BCUT2D eigenvalue weighted by Crippen LogP contribution is -2.03. The van der Waals surface area contributed by atoms with Gasteiger partial charge in [-0.15, -0.1) is 0 Å². The topological polar surface area (TPSA) is 115 Å². The van der Waals surface area contributed by atoms with E-state index >= 15 is 0 Å². The van der Waals surface area contributed by atoms with Crippen LogP contribution in [0.3, 0.4) is 0 Å². The highest BCUT2D eigenvalue weighted by molar-refractivity contribution is 5.86. The van der Waals surface area contributed by atoms with E-state index in [-0.39, 0.29) is 11.7 Å². The van der Waals surface area contributed by atoms with Gasteiger partial charge in [0, 0.05) is 31.8 Å². The fraction of sp³-hybridized carbons (Fsp3) is 0.150. The molecule has 0 unspecified atom stereocenters. The summed E-state index contributed by atoms with van der Waals surface area (Å²) in [6.07, 6.45) is 8.47. The Morgan fingerprint density at radius 2 is 1.62 bits per heavy atom. The summed E-state index contributed by atoms with van der Waals surface area (Å²) < 4.78 is 8.03. The summed E-state index contributed by atoms with van der Waals surface area (Å²) >= 11 is 0. The van der Waals surface area contributed by atoms with Gasteiger partial charge in [-0.2, -0.15) is 10.2 Å². The summed E-state index contributed by atoms with van der Waals surface area (Å²) in [5, 5.41) is 17.1. The van der Waals surface area contributed by atoms with Gasteiger partial charge in [0.05, 0.1) is 41.2 Å². The number of pyridine rings is 2. The van der Waals surface area contributed by atoms with Crippen molar-refractivity contribution in [1.82, 2.24) is 19.2 Å². The quantitative estimate of drug-likeness (QED) is 0.407. The zero-order valence-electron chi connectivity index (χ0n) is 15.6. The molecule has 0 aliphatic rings. The first-order valence-corrected chi connectivity index (χ1v) is 8.68. The van der Waals surface area contributed by atoms with Crippen molar-refractivity contribution >= 4 is 29.6 Å². The Balaban J connectivity index is 0.000000176. The third-order valence-electron chi connectivity index (χ3n) is 4.10. The van der Waals surface area contributed by atoms with Crippen molar-refractivity contribution in [3.05, 3.63) is 65.7 Å². The van der Waals surface area contributed by atoms with Gasteiger partial charge in [0.15, 0.2) is 12.6 Å². The number of hydrogen-bond donors (Lipinski definition) is 1. The number of aromatic nitrogens is 4. The number of aldehydes is 2. The maximum absolute atomic E-state index is 10.8. The highest BCUT2D eigenvalue weighted by atomic mass is 16.5. The Morgan fingerprint density at radius 3 is 2.21 bits per heavy atom. The number of hydrogen-bond acceptors (Lipinski definition) is 7. The Labute approximate surface area is 165 Å². The predicted octanol–water partition coefficient (Wildman–Crippen LogP) is 2.10. The van der Waals surface area contributed by atoms with Crippen LogP contribution >= 0.6 is 0 Å². The average molecular weight is 394 g/mol. The molecule has 0 aliphatic heterocycles. The molecule has 9 nitrogen and oxygen atoms in total. The highest BCUT2D eigenvalue weighted by Crippen LogP contribution is 2.14. The molecule has 9 heteroatoms. The SMILES string of the molecule is CC(=O)OCCc1ccn2ncc(C=O)c2c1.O=Cc1cnn2ccc(O)cc12. The van der Waals surface area contributed by atoms with Crippen LogP contribution < -0.4 is 0 Å². The van der Waals surface area contributed by atoms with Crippen LogP contribution in [0.5, 0.6) is 5.75 Å². The van der Waals surface area contributed by atoms with Crippen molar-refractivity contribution in [2.75, 3.05) is 6.61 Å². The van der Waals surface area contributed by atoms with Crippen LogP contribution in [-0.4, -0.2) is 49.5 Å². The minimum Gasteiger partial charge on any atom is -0.508 e. The largest absolute Gasteiger partial charge is 0.508 e. The lowest BCUT2D eigenvalue weighted by molar-refractivity contribution is -0.140. The standard InChI is InChI=1S/C12H12N2O3.C8H6N2O2/c1-9(16)17-5-3-10-2-4-14-12(6-10)11(8-15)7-13-14;11-5-6-4-9-10-2-1-7(12)3-8(6)10/h2,4,6-8H,3,5H2,1H3;1-5,12H. The van der Waals surface area contributed by atoms with E-state index in [1.807, 2.05) is 12.1 Å². The maximum Gasteiger partial charge on any atom is 0.302 e. The number of esters is 1. The first-order valence-electron chi connectivity index (χ1n) is 8.68. The van der Waals surface area contributed by atoms with E-state index in [2.05, 4.69) is 10.2 Å². The molecule has 4 aromatic rings. The minimum atomic E-state index is -0.288. The van der Waals surface area contributed by atoms with Gasteiger partial charge in [-0.3, -0.25) is 14.4 Å². The molecule has 148 valence electrons. The fourth-order valence-electron chi connectivity index (χ4n) is 2.68. The second-order valence-electron chi connectivity index (χ2n) is 6.11. The van der Waals surface area contributed by atoms with Crippen molar-refractivity contribution in [2.45, 2.75) is 13.3 Å². The molecule has 0 radical (unpaired) electrons. The van der Waals surface area contributed by atoms with Gasteiger partial charge in [-0.1, -0.05) is 0 Å². The molecule has 29 heavy (non-hydrogen) atoms. The third kappa shape index (κ3) is 4.64. The van der Waals surface area contributed by atoms with Gasteiger partial charge < -0.3 is 9.84 Å². The summed E-state index contributed by atoms with van der Waals surface area (Å²) in [6.45, 7) is 1.72. The van der Waals surface area contributed by atoms with Crippen LogP contribution in [0, 0.1) is 0 Å². The summed E-state index contributed by atoms with van der Waals surface area (Å²) in [5.41, 5.74) is 3.41. The molecule has 1 N–H and O–H groups in total. The second kappa shape index (κ2) is 8.79. The summed E-state index contributed by atoms with van der Waals surface area (Å²) in [7, 11) is 0. The van der Waals surface area contributed by atoms with Gasteiger partial charge in [-0.05, 0) is 23.8 Å². The van der Waals surface area contributed by atoms with Gasteiger partial charge in [0.25, 0.3) is 0 Å². The van der Waals surface area contributed by atoms with Crippen molar-refractivity contribution in [3.8, 4) is 5.75 Å². The molecule has 0 atom stereocenters. The van der Waals surface area contributed by atoms with Gasteiger partial charge in [0.2, 0.25) is 0 Å². The number of ether oxygens (including phenoxy) is 1. The Hall–Kier alpha value is -4.01. The van der Waals surface area contributed by atoms with Gasteiger partial charge in [0.1, 0.15) is 5.75 Å². The number of rotatable bonds is 5. The first kappa shape index (κ1) is 19.7. The molecular formula is C20H18N4O5. The number of carbonyl (C=O) groups excluding carboxylic acids is 3. The van der Waals surface area contributed by atoms with E-state index in [1.165, 1.54) is 36.0 Å². The molecule has 0 aromatic carbocycles. The highest BCUT2D eigenvalue weighted by Gasteiger charge is 2.04. The van der Waals surface area contributed by atoms with Crippen molar-refractivity contribution in [3.63, 3.8) is 0 Å². The van der Waals surface area contributed by atoms with E-state index in [0.717, 1.165) is 17.4 Å². The molecule has 0 saturated carbocycles. The molecule has 0 aliphatic carbocycles. The smallest absolute Gasteiger partial charge is 0.302 e. The van der Waals surface area contributed by atoms with Crippen LogP contribution in [-0.2, 0) is 16.0 Å². The van der Waals surface area contributed by atoms with E-state index in [0.29, 0.717) is 36.0 Å². The lowest BCUT2D eigenvalue weighted by atomic mass is 10.1. The van der Waals surface area contributed by atoms with Crippen molar-refractivity contribution in [2.24, 2.45) is 0 Å². The number of carbonyl (C=O) groups is 3. The molecule has 0 spiro atoms. The molecule has 4 aromatic heterocycles. The van der Waals surface area contributed by atoms with E-state index < -0.39 is 0 Å². The first-order chi connectivity index (χ1) is 14.0. The monoisotopic (exact) mass is 394 g/mol. The zero-order valence-corrected chi connectivity index (χ0v) is 15.6.